The lowest BCUT2D eigenvalue weighted by Gasteiger charge is -2.34. The third kappa shape index (κ3) is 4.77. The minimum atomic E-state index is -1.06. The van der Waals surface area contributed by atoms with Crippen LogP contribution in [0.4, 0.5) is 0 Å². The van der Waals surface area contributed by atoms with Crippen LogP contribution in [0.15, 0.2) is 40.9 Å². The van der Waals surface area contributed by atoms with Gasteiger partial charge in [0, 0.05) is 17.0 Å². The highest BCUT2D eigenvalue weighted by Crippen LogP contribution is 2.47. The molecule has 0 radical (unpaired) electrons. The monoisotopic (exact) mass is 558 g/mol. The highest BCUT2D eigenvalue weighted by Gasteiger charge is 2.39. The first-order valence-electron chi connectivity index (χ1n) is 12.2. The SMILES string of the molecule is O=C(O)c1ccc2nc([C@]3(O)CC[C@@H](OCc4c(-c5c(Cl)cccc5Cl)noc4C4CC4)CC3)sc2c1. The maximum Gasteiger partial charge on any atom is 0.335 e. The fraction of sp³-hybridized carbons (Fsp3) is 0.370. The Labute approximate surface area is 227 Å². The van der Waals surface area contributed by atoms with Crippen LogP contribution in [0.5, 0.6) is 0 Å². The summed E-state index contributed by atoms with van der Waals surface area (Å²) in [7, 11) is 0. The molecule has 2 aromatic heterocycles. The van der Waals surface area contributed by atoms with Gasteiger partial charge in [0.1, 0.15) is 22.1 Å². The Bertz CT molecular complexity index is 1470. The van der Waals surface area contributed by atoms with Crippen LogP contribution in [0.1, 0.15) is 71.1 Å². The first-order valence-corrected chi connectivity index (χ1v) is 13.8. The summed E-state index contributed by atoms with van der Waals surface area (Å²) in [6.07, 6.45) is 4.43. The summed E-state index contributed by atoms with van der Waals surface area (Å²) >= 11 is 14.3. The predicted molar refractivity (Wildman–Crippen MR) is 141 cm³/mol. The number of aliphatic hydroxyl groups is 1. The van der Waals surface area contributed by atoms with E-state index in [2.05, 4.69) is 10.1 Å². The molecule has 7 nitrogen and oxygen atoms in total. The first-order chi connectivity index (χ1) is 17.8. The Kier molecular flexibility index (Phi) is 6.49. The van der Waals surface area contributed by atoms with Crippen molar-refractivity contribution in [3.05, 3.63) is 68.3 Å². The minimum Gasteiger partial charge on any atom is -0.478 e. The van der Waals surface area contributed by atoms with Crippen molar-refractivity contribution in [2.75, 3.05) is 0 Å². The summed E-state index contributed by atoms with van der Waals surface area (Å²) in [5.41, 5.74) is 2.02. The highest BCUT2D eigenvalue weighted by molar-refractivity contribution is 7.18. The zero-order valence-corrected chi connectivity index (χ0v) is 22.1. The molecule has 2 aliphatic carbocycles. The van der Waals surface area contributed by atoms with Gasteiger partial charge in [-0.1, -0.05) is 34.4 Å². The van der Waals surface area contributed by atoms with Crippen molar-refractivity contribution in [1.82, 2.24) is 10.1 Å². The smallest absolute Gasteiger partial charge is 0.335 e. The van der Waals surface area contributed by atoms with Gasteiger partial charge in [0.2, 0.25) is 0 Å². The number of carboxylic acid groups (broad SMARTS) is 1. The van der Waals surface area contributed by atoms with Gasteiger partial charge < -0.3 is 19.5 Å². The zero-order valence-electron chi connectivity index (χ0n) is 19.7. The van der Waals surface area contributed by atoms with Gasteiger partial charge in [0.05, 0.1) is 38.5 Å². The molecule has 0 aliphatic heterocycles. The molecular formula is C27H24Cl2N2O5S. The number of aromatic carboxylic acids is 1. The van der Waals surface area contributed by atoms with E-state index < -0.39 is 11.6 Å². The van der Waals surface area contributed by atoms with Crippen molar-refractivity contribution in [3.63, 3.8) is 0 Å². The second kappa shape index (κ2) is 9.67. The van der Waals surface area contributed by atoms with Gasteiger partial charge in [0.25, 0.3) is 0 Å². The molecule has 0 bridgehead atoms. The summed E-state index contributed by atoms with van der Waals surface area (Å²) in [5.74, 6) is 0.206. The number of benzene rings is 2. The van der Waals surface area contributed by atoms with E-state index in [-0.39, 0.29) is 11.7 Å². The Morgan fingerprint density at radius 2 is 1.86 bits per heavy atom. The molecule has 2 aromatic carbocycles. The Hall–Kier alpha value is -2.49. The van der Waals surface area contributed by atoms with Crippen LogP contribution in [0.25, 0.3) is 21.5 Å². The van der Waals surface area contributed by atoms with E-state index in [1.165, 1.54) is 17.4 Å². The van der Waals surface area contributed by atoms with Crippen LogP contribution < -0.4 is 0 Å². The van der Waals surface area contributed by atoms with Crippen molar-refractivity contribution in [2.45, 2.75) is 62.8 Å². The van der Waals surface area contributed by atoms with Crippen LogP contribution in [0.3, 0.4) is 0 Å². The molecule has 0 atom stereocenters. The number of carboxylic acids is 1. The summed E-state index contributed by atoms with van der Waals surface area (Å²) in [6.45, 7) is 0.328. The molecule has 0 saturated heterocycles. The third-order valence-corrected chi connectivity index (χ3v) is 9.06. The second-order valence-corrected chi connectivity index (χ2v) is 11.6. The lowest BCUT2D eigenvalue weighted by Crippen LogP contribution is -2.34. The van der Waals surface area contributed by atoms with E-state index in [1.807, 2.05) is 0 Å². The average Bonchev–Trinajstić information content (AvgIpc) is 3.49. The van der Waals surface area contributed by atoms with Crippen LogP contribution in [-0.2, 0) is 16.9 Å². The van der Waals surface area contributed by atoms with Crippen molar-refractivity contribution < 1.29 is 24.3 Å². The summed E-state index contributed by atoms with van der Waals surface area (Å²) in [5, 5.41) is 26.6. The van der Waals surface area contributed by atoms with E-state index in [4.69, 9.17) is 32.5 Å². The van der Waals surface area contributed by atoms with Crippen molar-refractivity contribution in [1.29, 1.82) is 0 Å². The Balaban J connectivity index is 1.17. The van der Waals surface area contributed by atoms with E-state index in [0.717, 1.165) is 28.9 Å². The predicted octanol–water partition coefficient (Wildman–Crippen LogP) is 7.18. The molecule has 2 heterocycles. The van der Waals surface area contributed by atoms with Gasteiger partial charge in [-0.3, -0.25) is 0 Å². The molecule has 0 amide bonds. The molecule has 2 N–H and O–H groups in total. The first kappa shape index (κ1) is 24.8. The van der Waals surface area contributed by atoms with Gasteiger partial charge in [-0.05, 0) is 68.9 Å². The molecule has 10 heteroatoms. The molecule has 2 saturated carbocycles. The van der Waals surface area contributed by atoms with Crippen LogP contribution in [0, 0.1) is 0 Å². The van der Waals surface area contributed by atoms with E-state index >= 15 is 0 Å². The number of nitrogens with zero attached hydrogens (tertiary/aromatic N) is 2. The average molecular weight is 559 g/mol. The molecule has 192 valence electrons. The summed E-state index contributed by atoms with van der Waals surface area (Å²) in [4.78, 5) is 15.9. The Morgan fingerprint density at radius 3 is 2.54 bits per heavy atom. The number of hydrogen-bond acceptors (Lipinski definition) is 7. The number of carbonyl (C=O) groups is 1. The lowest BCUT2D eigenvalue weighted by atomic mass is 9.83. The zero-order chi connectivity index (χ0) is 25.7. The number of rotatable bonds is 7. The third-order valence-electron chi connectivity index (χ3n) is 7.22. The van der Waals surface area contributed by atoms with Gasteiger partial charge in [-0.2, -0.15) is 0 Å². The number of ether oxygens (including phenoxy) is 1. The molecule has 6 rings (SSSR count). The highest BCUT2D eigenvalue weighted by atomic mass is 35.5. The number of thiazole rings is 1. The molecule has 0 unspecified atom stereocenters. The quantitative estimate of drug-likeness (QED) is 0.247. The van der Waals surface area contributed by atoms with Crippen LogP contribution >= 0.6 is 34.5 Å². The molecule has 4 aromatic rings. The Morgan fingerprint density at radius 1 is 1.14 bits per heavy atom. The minimum absolute atomic E-state index is 0.0372. The van der Waals surface area contributed by atoms with Gasteiger partial charge >= 0.3 is 5.97 Å². The maximum absolute atomic E-state index is 11.4. The number of fused-ring (bicyclic) bond motifs is 1. The topological polar surface area (TPSA) is 106 Å². The molecule has 2 aliphatic rings. The van der Waals surface area contributed by atoms with Crippen molar-refractivity contribution in [2.24, 2.45) is 0 Å². The molecule has 0 spiro atoms. The fourth-order valence-electron chi connectivity index (χ4n) is 4.96. The summed E-state index contributed by atoms with van der Waals surface area (Å²) in [6, 6.07) is 10.2. The van der Waals surface area contributed by atoms with Crippen LogP contribution in [-0.4, -0.2) is 32.4 Å². The number of aromatic nitrogens is 2. The largest absolute Gasteiger partial charge is 0.478 e. The molecule has 2 fully saturated rings. The van der Waals surface area contributed by atoms with Gasteiger partial charge in [-0.15, -0.1) is 11.3 Å². The van der Waals surface area contributed by atoms with E-state index in [1.54, 1.807) is 30.3 Å². The van der Waals surface area contributed by atoms with Crippen molar-refractivity contribution >= 4 is 50.7 Å². The lowest BCUT2D eigenvalue weighted by molar-refractivity contribution is -0.0640. The van der Waals surface area contributed by atoms with Crippen molar-refractivity contribution in [3.8, 4) is 11.3 Å². The molecule has 37 heavy (non-hydrogen) atoms. The number of hydrogen-bond donors (Lipinski definition) is 2. The van der Waals surface area contributed by atoms with Crippen LogP contribution in [0.2, 0.25) is 10.0 Å². The van der Waals surface area contributed by atoms with E-state index in [0.29, 0.717) is 70.0 Å². The van der Waals surface area contributed by atoms with Gasteiger partial charge in [-0.25, -0.2) is 9.78 Å². The fourth-order valence-corrected chi connectivity index (χ4v) is 6.68. The van der Waals surface area contributed by atoms with Gasteiger partial charge in [0.15, 0.2) is 0 Å². The normalized spacial score (nSPS) is 22.0. The van der Waals surface area contributed by atoms with E-state index in [9.17, 15) is 15.0 Å². The molecular weight excluding hydrogens is 535 g/mol. The summed E-state index contributed by atoms with van der Waals surface area (Å²) < 4.78 is 12.8. The standard InChI is InChI=1S/C27H24Cl2N2O5S/c28-18-2-1-3-19(29)22(18)23-17(24(36-31-23)14-4-5-14)13-35-16-8-10-27(34,11-9-16)26-30-20-7-6-15(25(32)33)12-21(20)37-26/h1-3,6-7,12,14,16,34H,4-5,8-11,13H2,(H,32,33)/t16-,27+. The second-order valence-electron chi connectivity index (χ2n) is 9.79. The number of halogens is 2. The maximum atomic E-state index is 11.4.